The zero-order chi connectivity index (χ0) is 10.1. The lowest BCUT2D eigenvalue weighted by Gasteiger charge is -2.06. The molecule has 0 fully saturated rings. The molecule has 4 heteroatoms. The second-order valence-corrected chi connectivity index (χ2v) is 3.83. The van der Waals surface area contributed by atoms with E-state index in [4.69, 9.17) is 14.6 Å². The predicted octanol–water partition coefficient (Wildman–Crippen LogP) is 2.99. The number of halogens is 1. The quantitative estimate of drug-likeness (QED) is 0.898. The number of nitrogens with two attached hydrogens (primary N) is 1. The van der Waals surface area contributed by atoms with Gasteiger partial charge in [-0.15, -0.1) is 0 Å². The van der Waals surface area contributed by atoms with E-state index in [1.54, 1.807) is 6.26 Å². The number of furan rings is 2. The molecule has 2 aromatic rings. The highest BCUT2D eigenvalue weighted by Crippen LogP contribution is 2.26. The number of rotatable bonds is 2. The smallest absolute Gasteiger partial charge is 0.169 e. The van der Waals surface area contributed by atoms with Gasteiger partial charge in [0.15, 0.2) is 4.67 Å². The Labute approximate surface area is 90.0 Å². The molecule has 1 unspecified atom stereocenters. The van der Waals surface area contributed by atoms with Crippen LogP contribution in [0.4, 0.5) is 0 Å². The molecule has 0 aliphatic rings. The van der Waals surface area contributed by atoms with Crippen LogP contribution in [0, 0.1) is 6.92 Å². The molecule has 0 spiro atoms. The molecule has 14 heavy (non-hydrogen) atoms. The van der Waals surface area contributed by atoms with Gasteiger partial charge in [-0.25, -0.2) is 0 Å². The van der Waals surface area contributed by atoms with E-state index in [0.717, 1.165) is 17.1 Å². The van der Waals surface area contributed by atoms with Crippen LogP contribution in [0.1, 0.15) is 23.1 Å². The fourth-order valence-corrected chi connectivity index (χ4v) is 1.69. The monoisotopic (exact) mass is 255 g/mol. The average molecular weight is 256 g/mol. The SMILES string of the molecule is Cc1occc1C(N)c1ccc(Br)o1. The summed E-state index contributed by atoms with van der Waals surface area (Å²) in [7, 11) is 0. The normalized spacial score (nSPS) is 13.1. The van der Waals surface area contributed by atoms with Crippen LogP contribution in [0.15, 0.2) is 38.0 Å². The second-order valence-electron chi connectivity index (χ2n) is 3.05. The molecule has 1 atom stereocenters. The Morgan fingerprint density at radius 1 is 1.36 bits per heavy atom. The Morgan fingerprint density at radius 3 is 2.64 bits per heavy atom. The van der Waals surface area contributed by atoms with Crippen LogP contribution >= 0.6 is 15.9 Å². The molecule has 74 valence electrons. The fourth-order valence-electron chi connectivity index (χ4n) is 1.37. The van der Waals surface area contributed by atoms with Crippen LogP contribution in [0.3, 0.4) is 0 Å². The van der Waals surface area contributed by atoms with Crippen molar-refractivity contribution in [2.75, 3.05) is 0 Å². The van der Waals surface area contributed by atoms with E-state index in [1.165, 1.54) is 0 Å². The Morgan fingerprint density at radius 2 is 2.14 bits per heavy atom. The summed E-state index contributed by atoms with van der Waals surface area (Å²) < 4.78 is 11.2. The van der Waals surface area contributed by atoms with E-state index < -0.39 is 0 Å². The van der Waals surface area contributed by atoms with Crippen molar-refractivity contribution in [3.63, 3.8) is 0 Å². The van der Waals surface area contributed by atoms with Gasteiger partial charge in [0.25, 0.3) is 0 Å². The molecule has 0 aliphatic heterocycles. The van der Waals surface area contributed by atoms with Crippen molar-refractivity contribution in [1.29, 1.82) is 0 Å². The first-order valence-corrected chi connectivity index (χ1v) is 5.02. The van der Waals surface area contributed by atoms with Crippen LogP contribution in [-0.2, 0) is 0 Å². The summed E-state index contributed by atoms with van der Waals surface area (Å²) >= 11 is 3.24. The van der Waals surface area contributed by atoms with E-state index in [0.29, 0.717) is 4.67 Å². The first-order valence-electron chi connectivity index (χ1n) is 4.23. The van der Waals surface area contributed by atoms with Gasteiger partial charge < -0.3 is 14.6 Å². The van der Waals surface area contributed by atoms with Gasteiger partial charge in [-0.2, -0.15) is 0 Å². The lowest BCUT2D eigenvalue weighted by molar-refractivity contribution is 0.464. The molecule has 0 bridgehead atoms. The second kappa shape index (κ2) is 3.63. The maximum atomic E-state index is 6.00. The molecule has 0 radical (unpaired) electrons. The Kier molecular flexibility index (Phi) is 2.48. The minimum atomic E-state index is -0.264. The van der Waals surface area contributed by atoms with Crippen molar-refractivity contribution in [1.82, 2.24) is 0 Å². The lowest BCUT2D eigenvalue weighted by Crippen LogP contribution is -2.10. The molecule has 2 N–H and O–H groups in total. The molecule has 0 amide bonds. The van der Waals surface area contributed by atoms with Crippen molar-refractivity contribution in [2.45, 2.75) is 13.0 Å². The van der Waals surface area contributed by atoms with Crippen LogP contribution in [0.2, 0.25) is 0 Å². The maximum Gasteiger partial charge on any atom is 0.169 e. The van der Waals surface area contributed by atoms with Gasteiger partial charge in [0, 0.05) is 5.56 Å². The highest BCUT2D eigenvalue weighted by atomic mass is 79.9. The maximum absolute atomic E-state index is 6.00. The Balaban J connectivity index is 2.33. The van der Waals surface area contributed by atoms with E-state index in [1.807, 2.05) is 25.1 Å². The Bertz CT molecular complexity index is 433. The van der Waals surface area contributed by atoms with E-state index in [2.05, 4.69) is 15.9 Å². The van der Waals surface area contributed by atoms with Gasteiger partial charge in [0.1, 0.15) is 11.5 Å². The summed E-state index contributed by atoms with van der Waals surface area (Å²) in [5, 5.41) is 0. The van der Waals surface area contributed by atoms with Crippen molar-refractivity contribution in [3.05, 3.63) is 46.2 Å². The highest BCUT2D eigenvalue weighted by Gasteiger charge is 2.16. The van der Waals surface area contributed by atoms with Gasteiger partial charge in [-0.05, 0) is 41.1 Å². The van der Waals surface area contributed by atoms with Crippen LogP contribution in [0.5, 0.6) is 0 Å². The molecule has 0 aromatic carbocycles. The molecular formula is C10H10BrNO2. The minimum absolute atomic E-state index is 0.264. The average Bonchev–Trinajstić information content (AvgIpc) is 2.73. The minimum Gasteiger partial charge on any atom is -0.469 e. The third-order valence-electron chi connectivity index (χ3n) is 2.13. The molecule has 3 nitrogen and oxygen atoms in total. The van der Waals surface area contributed by atoms with Crippen LogP contribution in [-0.4, -0.2) is 0 Å². The first-order chi connectivity index (χ1) is 6.68. The first kappa shape index (κ1) is 9.55. The van der Waals surface area contributed by atoms with Gasteiger partial charge in [0.05, 0.1) is 12.3 Å². The molecule has 2 rings (SSSR count). The zero-order valence-corrected chi connectivity index (χ0v) is 9.24. The molecule has 0 aliphatic carbocycles. The van der Waals surface area contributed by atoms with E-state index in [9.17, 15) is 0 Å². The number of hydrogen-bond acceptors (Lipinski definition) is 3. The third-order valence-corrected chi connectivity index (χ3v) is 2.56. The van der Waals surface area contributed by atoms with Gasteiger partial charge >= 0.3 is 0 Å². The summed E-state index contributed by atoms with van der Waals surface area (Å²) in [6.07, 6.45) is 1.63. The topological polar surface area (TPSA) is 52.3 Å². The molecular weight excluding hydrogens is 246 g/mol. The largest absolute Gasteiger partial charge is 0.469 e. The summed E-state index contributed by atoms with van der Waals surface area (Å²) in [4.78, 5) is 0. The number of aryl methyl sites for hydroxylation is 1. The molecule has 0 saturated heterocycles. The van der Waals surface area contributed by atoms with Crippen molar-refractivity contribution in [2.24, 2.45) is 5.73 Å². The van der Waals surface area contributed by atoms with E-state index >= 15 is 0 Å². The summed E-state index contributed by atoms with van der Waals surface area (Å²) in [5.74, 6) is 1.55. The fraction of sp³-hybridized carbons (Fsp3) is 0.200. The zero-order valence-electron chi connectivity index (χ0n) is 7.66. The van der Waals surface area contributed by atoms with Gasteiger partial charge in [0.2, 0.25) is 0 Å². The summed E-state index contributed by atoms with van der Waals surface area (Å²) in [6, 6.07) is 5.27. The molecule has 0 saturated carbocycles. The van der Waals surface area contributed by atoms with Crippen molar-refractivity contribution < 1.29 is 8.83 Å². The molecule has 2 aromatic heterocycles. The summed E-state index contributed by atoms with van der Waals surface area (Å²) in [5.41, 5.74) is 6.95. The third kappa shape index (κ3) is 1.63. The number of hydrogen-bond donors (Lipinski definition) is 1. The predicted molar refractivity (Wildman–Crippen MR) is 55.9 cm³/mol. The van der Waals surface area contributed by atoms with Crippen LogP contribution < -0.4 is 5.73 Å². The van der Waals surface area contributed by atoms with Gasteiger partial charge in [-0.3, -0.25) is 0 Å². The lowest BCUT2D eigenvalue weighted by atomic mass is 10.1. The highest BCUT2D eigenvalue weighted by molar-refractivity contribution is 9.10. The van der Waals surface area contributed by atoms with Gasteiger partial charge in [-0.1, -0.05) is 0 Å². The van der Waals surface area contributed by atoms with Crippen LogP contribution in [0.25, 0.3) is 0 Å². The standard InChI is InChI=1S/C10H10BrNO2/c1-6-7(4-5-13-6)10(12)8-2-3-9(11)14-8/h2-5,10H,12H2,1H3. The molecule has 2 heterocycles. The van der Waals surface area contributed by atoms with Crippen molar-refractivity contribution >= 4 is 15.9 Å². The summed E-state index contributed by atoms with van der Waals surface area (Å²) in [6.45, 7) is 1.88. The Hall–Kier alpha value is -1.000. The van der Waals surface area contributed by atoms with E-state index in [-0.39, 0.29) is 6.04 Å². The van der Waals surface area contributed by atoms with Crippen molar-refractivity contribution in [3.8, 4) is 0 Å².